The maximum absolute atomic E-state index is 3.58. The molecule has 3 atom stereocenters. The van der Waals surface area contributed by atoms with Crippen LogP contribution in [0.15, 0.2) is 0 Å². The third-order valence-corrected chi connectivity index (χ3v) is 3.98. The van der Waals surface area contributed by atoms with Crippen LogP contribution in [0, 0.1) is 0 Å². The van der Waals surface area contributed by atoms with Crippen molar-refractivity contribution < 1.29 is 0 Å². The minimum Gasteiger partial charge on any atom is -0.133 e. The second kappa shape index (κ2) is 2.46. The molecule has 0 aromatic carbocycles. The van der Waals surface area contributed by atoms with Crippen LogP contribution in [0.25, 0.3) is 0 Å². The number of halogens is 1. The van der Waals surface area contributed by atoms with Gasteiger partial charge in [0.05, 0.1) is 0 Å². The Morgan fingerprint density at radius 2 is 2.14 bits per heavy atom. The van der Waals surface area contributed by atoms with E-state index in [1.807, 2.05) is 0 Å². The first-order valence-electron chi connectivity index (χ1n) is 2.70. The maximum atomic E-state index is 3.58. The van der Waals surface area contributed by atoms with Gasteiger partial charge in [-0.2, -0.15) is 0 Å². The Labute approximate surface area is 55.4 Å². The molecule has 1 fully saturated rings. The van der Waals surface area contributed by atoms with Gasteiger partial charge in [0.1, 0.15) is 0 Å². The lowest BCUT2D eigenvalue weighted by Crippen LogP contribution is -2.02. The topological polar surface area (TPSA) is 0 Å². The summed E-state index contributed by atoms with van der Waals surface area (Å²) in [5.41, 5.74) is 0.847. The smallest absolute Gasteiger partial charge is 0.0208 e. The number of hydrogen-bond donors (Lipinski definition) is 0. The van der Waals surface area contributed by atoms with E-state index in [9.17, 15) is 0 Å². The minimum absolute atomic E-state index is 0.789. The molecule has 0 nitrogen and oxygen atoms in total. The molecule has 0 N–H and O–H groups in total. The van der Waals surface area contributed by atoms with E-state index in [0.29, 0.717) is 0 Å². The van der Waals surface area contributed by atoms with Crippen LogP contribution >= 0.6 is 25.2 Å². The van der Waals surface area contributed by atoms with E-state index >= 15 is 0 Å². The lowest BCUT2D eigenvalue weighted by atomic mass is 10.4. The molecule has 0 bridgehead atoms. The van der Waals surface area contributed by atoms with E-state index in [1.54, 1.807) is 0 Å². The highest BCUT2D eigenvalue weighted by Gasteiger charge is 2.19. The van der Waals surface area contributed by atoms with Crippen molar-refractivity contribution in [3.8, 4) is 0 Å². The van der Waals surface area contributed by atoms with Gasteiger partial charge in [-0.05, 0) is 18.5 Å². The number of alkyl halides is 1. The third kappa shape index (κ3) is 1.40. The van der Waals surface area contributed by atoms with E-state index in [-0.39, 0.29) is 0 Å². The highest BCUT2D eigenvalue weighted by molar-refractivity contribution is 9.09. The van der Waals surface area contributed by atoms with Crippen LogP contribution in [0.1, 0.15) is 19.3 Å². The second-order valence-corrected chi connectivity index (χ2v) is 4.14. The summed E-state index contributed by atoms with van der Waals surface area (Å²) >= 11 is 3.58. The molecule has 3 unspecified atom stereocenters. The first-order chi connectivity index (χ1) is 3.30. The van der Waals surface area contributed by atoms with Gasteiger partial charge in [-0.1, -0.05) is 22.4 Å². The van der Waals surface area contributed by atoms with Crippen LogP contribution in [-0.2, 0) is 0 Å². The van der Waals surface area contributed by atoms with Gasteiger partial charge < -0.3 is 0 Å². The van der Waals surface area contributed by atoms with Gasteiger partial charge in [0.15, 0.2) is 0 Å². The monoisotopic (exact) mass is 180 g/mol. The quantitative estimate of drug-likeness (QED) is 0.396. The van der Waals surface area contributed by atoms with E-state index in [0.717, 1.165) is 10.5 Å². The predicted molar refractivity (Wildman–Crippen MR) is 40.1 cm³/mol. The fourth-order valence-corrected chi connectivity index (χ4v) is 1.96. The fourth-order valence-electron chi connectivity index (χ4n) is 0.943. The molecule has 0 aromatic rings. The summed E-state index contributed by atoms with van der Waals surface area (Å²) in [4.78, 5) is 0.789. The molecule has 1 rings (SSSR count). The van der Waals surface area contributed by atoms with Crippen LogP contribution in [0.4, 0.5) is 0 Å². The molecule has 0 saturated heterocycles. The average molecular weight is 181 g/mol. The van der Waals surface area contributed by atoms with Crippen LogP contribution in [0.2, 0.25) is 0 Å². The molecule has 2 heteroatoms. The largest absolute Gasteiger partial charge is 0.133 e. The Kier molecular flexibility index (Phi) is 2.12. The number of rotatable bonds is 0. The zero-order valence-corrected chi connectivity index (χ0v) is 6.97. The van der Waals surface area contributed by atoms with Crippen molar-refractivity contribution in [3.05, 3.63) is 0 Å². The standard InChI is InChI=1S/C5H10BrP/c6-4-2-1-3-5(4)7/h4-5H,1-3,7H2. The third-order valence-electron chi connectivity index (χ3n) is 1.48. The highest BCUT2D eigenvalue weighted by Crippen LogP contribution is 2.30. The molecule has 0 heterocycles. The minimum atomic E-state index is 0.789. The molecular weight excluding hydrogens is 171 g/mol. The Morgan fingerprint density at radius 3 is 2.29 bits per heavy atom. The molecule has 0 spiro atoms. The van der Waals surface area contributed by atoms with E-state index in [2.05, 4.69) is 25.2 Å². The predicted octanol–water partition coefficient (Wildman–Crippen LogP) is 2.18. The highest BCUT2D eigenvalue weighted by atomic mass is 79.9. The first-order valence-corrected chi connectivity index (χ1v) is 4.28. The van der Waals surface area contributed by atoms with Crippen molar-refractivity contribution in [2.45, 2.75) is 29.7 Å². The van der Waals surface area contributed by atoms with Gasteiger partial charge in [-0.15, -0.1) is 9.24 Å². The van der Waals surface area contributed by atoms with E-state index < -0.39 is 0 Å². The summed E-state index contributed by atoms with van der Waals surface area (Å²) in [6.45, 7) is 0. The Balaban J connectivity index is 2.33. The van der Waals surface area contributed by atoms with Gasteiger partial charge >= 0.3 is 0 Å². The van der Waals surface area contributed by atoms with Crippen molar-refractivity contribution >= 4 is 25.2 Å². The molecule has 0 amide bonds. The molecular formula is C5H10BrP. The van der Waals surface area contributed by atoms with Crippen LogP contribution in [0.3, 0.4) is 0 Å². The van der Waals surface area contributed by atoms with Crippen LogP contribution in [-0.4, -0.2) is 10.5 Å². The zero-order valence-electron chi connectivity index (χ0n) is 4.23. The lowest BCUT2D eigenvalue weighted by Gasteiger charge is -2.02. The van der Waals surface area contributed by atoms with Gasteiger partial charge in [-0.25, -0.2) is 0 Å². The molecule has 1 aliphatic carbocycles. The summed E-state index contributed by atoms with van der Waals surface area (Å²) in [5.74, 6) is 0. The van der Waals surface area contributed by atoms with Crippen molar-refractivity contribution in [2.75, 3.05) is 0 Å². The van der Waals surface area contributed by atoms with Gasteiger partial charge in [-0.3, -0.25) is 0 Å². The molecule has 1 aliphatic rings. The molecule has 42 valence electrons. The van der Waals surface area contributed by atoms with Gasteiger partial charge in [0.25, 0.3) is 0 Å². The van der Waals surface area contributed by atoms with Crippen molar-refractivity contribution in [3.63, 3.8) is 0 Å². The fraction of sp³-hybridized carbons (Fsp3) is 1.00. The van der Waals surface area contributed by atoms with Crippen molar-refractivity contribution in [1.29, 1.82) is 0 Å². The SMILES string of the molecule is PC1CCCC1Br. The van der Waals surface area contributed by atoms with Crippen LogP contribution < -0.4 is 0 Å². The summed E-state index contributed by atoms with van der Waals surface area (Å²) in [6.07, 6.45) is 4.17. The molecule has 0 aliphatic heterocycles. The van der Waals surface area contributed by atoms with Crippen LogP contribution in [0.5, 0.6) is 0 Å². The average Bonchev–Trinajstić information content (AvgIpc) is 1.91. The normalized spacial score (nSPS) is 42.0. The molecule has 0 radical (unpaired) electrons. The summed E-state index contributed by atoms with van der Waals surface area (Å²) < 4.78 is 0. The Morgan fingerprint density at radius 1 is 1.43 bits per heavy atom. The van der Waals surface area contributed by atoms with E-state index in [4.69, 9.17) is 0 Å². The first kappa shape index (κ1) is 6.04. The van der Waals surface area contributed by atoms with Crippen molar-refractivity contribution in [2.24, 2.45) is 0 Å². The summed E-state index contributed by atoms with van der Waals surface area (Å²) in [6, 6.07) is 0. The second-order valence-electron chi connectivity index (χ2n) is 2.11. The lowest BCUT2D eigenvalue weighted by molar-refractivity contribution is 0.891. The maximum Gasteiger partial charge on any atom is 0.0208 e. The van der Waals surface area contributed by atoms with E-state index in [1.165, 1.54) is 19.3 Å². The molecule has 1 saturated carbocycles. The summed E-state index contributed by atoms with van der Waals surface area (Å²) in [5, 5.41) is 0. The van der Waals surface area contributed by atoms with Gasteiger partial charge in [0.2, 0.25) is 0 Å². The zero-order chi connectivity index (χ0) is 5.28. The Bertz CT molecular complexity index is 57.1. The number of hydrogen-bond acceptors (Lipinski definition) is 0. The summed E-state index contributed by atoms with van der Waals surface area (Å²) in [7, 11) is 2.87. The van der Waals surface area contributed by atoms with Gasteiger partial charge in [0, 0.05) is 4.83 Å². The molecule has 7 heavy (non-hydrogen) atoms. The molecule has 0 aromatic heterocycles. The van der Waals surface area contributed by atoms with Crippen molar-refractivity contribution in [1.82, 2.24) is 0 Å². The Hall–Kier alpha value is 0.910.